The van der Waals surface area contributed by atoms with Gasteiger partial charge < -0.3 is 58.5 Å². The topological polar surface area (TPSA) is 279 Å². The summed E-state index contributed by atoms with van der Waals surface area (Å²) in [4.78, 5) is 44.3. The largest absolute Gasteiger partial charge is 0.508 e. The second-order valence-corrected chi connectivity index (χ2v) is 30.8. The number of aryl methyl sites for hydroxylation is 5. The van der Waals surface area contributed by atoms with E-state index in [-0.39, 0.29) is 57.2 Å². The summed E-state index contributed by atoms with van der Waals surface area (Å²) in [6.07, 6.45) is 5.87. The van der Waals surface area contributed by atoms with Gasteiger partial charge in [0.25, 0.3) is 0 Å². The Balaban J connectivity index is 0.000000208. The Morgan fingerprint density at radius 3 is 0.931 bits per heavy atom. The number of aromatic hydroxyl groups is 6. The quantitative estimate of drug-likeness (QED) is 0.00940. The average Bonchev–Trinajstić information content (AvgIpc) is 0.831. The molecular weight excluding hydrogens is 1670 g/mol. The van der Waals surface area contributed by atoms with Crippen LogP contribution < -0.4 is 9.47 Å². The molecule has 654 valence electrons. The van der Waals surface area contributed by atoms with Crippen molar-refractivity contribution in [3.05, 3.63) is 401 Å². The van der Waals surface area contributed by atoms with Gasteiger partial charge >= 0.3 is 34.0 Å². The first-order valence-corrected chi connectivity index (χ1v) is 42.8. The van der Waals surface area contributed by atoms with Crippen molar-refractivity contribution < 1.29 is 86.1 Å². The summed E-state index contributed by atoms with van der Waals surface area (Å²) in [5.41, 5.74) is 19.3. The van der Waals surface area contributed by atoms with Crippen molar-refractivity contribution in [2.75, 3.05) is 39.8 Å². The van der Waals surface area contributed by atoms with Crippen molar-refractivity contribution in [3.63, 3.8) is 0 Å². The average molecular weight is 1760 g/mol. The van der Waals surface area contributed by atoms with Crippen LogP contribution in [0.4, 0.5) is 0 Å². The van der Waals surface area contributed by atoms with Crippen molar-refractivity contribution in [3.8, 4) is 141 Å². The number of carbonyl (C=O) groups excluding carboxylic acids is 4. The van der Waals surface area contributed by atoms with E-state index in [0.29, 0.717) is 89.7 Å². The minimum atomic E-state index is -3.84. The van der Waals surface area contributed by atoms with Crippen LogP contribution in [-0.2, 0) is 38.1 Å². The number of phenolic OH excluding ortho intramolecular Hbond substituents is 6. The van der Waals surface area contributed by atoms with Crippen LogP contribution in [0.1, 0.15) is 169 Å². The molecule has 0 aliphatic rings. The Kier molecular flexibility index (Phi) is 36.9. The molecule has 0 amide bonds. The minimum absolute atomic E-state index is 0.00739. The number of methoxy groups -OCH3 is 1. The first-order chi connectivity index (χ1) is 62.9. The first-order valence-electron chi connectivity index (χ1n) is 40.9. The number of ether oxygens (including phenoxy) is 5. The highest BCUT2D eigenvalue weighted by molar-refractivity contribution is 7.86. The van der Waals surface area contributed by atoms with Crippen LogP contribution in [0.3, 0.4) is 0 Å². The monoisotopic (exact) mass is 1760 g/mol. The number of carbonyl (C=O) groups is 4. The molecule has 0 unspecified atom stereocenters. The molecule has 0 bridgehead atoms. The lowest BCUT2D eigenvalue weighted by Crippen LogP contribution is -2.11. The molecule has 0 spiro atoms. The van der Waals surface area contributed by atoms with Crippen LogP contribution in [0.5, 0.6) is 46.0 Å². The number of unbranched alkanes of at least 4 members (excludes halogenated alkanes) is 2. The van der Waals surface area contributed by atoms with E-state index in [9.17, 15) is 58.2 Å². The van der Waals surface area contributed by atoms with Gasteiger partial charge in [0.1, 0.15) is 46.0 Å². The van der Waals surface area contributed by atoms with E-state index in [1.165, 1.54) is 102 Å². The standard InChI is InChI=1S/C44H34.C38H22O6.C15H18O7S.C15H18O5/c1-31-7-9-34(4)41(27-31)23-19-37-11-15-39(16-12-37)21-25-43-29-33(3)30-44(36(43)6)26-22-40-17-13-38(14-18-40)20-24-42-28-32(2)8-10-35(42)5;39-33-17-19-36(42)29(21-33)13-9-25-1-5-27(6-2-25)11-15-31-23-35(41)24-32(38(31)44)16-12-28-7-3-26(4-8-28)10-14-30-22-34(40)18-20-37(30)43;1-3-14(16)21-11-5-4-10-20-13-8-6-12(7-9-13)15(17)22-23(2,18)19;1-3-14(16)20-11-5-4-10-19-13-8-6-12(7-9-13)15(17)18-2/h7-18,27-30H,1-6H3;1-8,17-24,39-44H;3,6-9H,1,4-5,10-11H2,2H3;3,6-9H,1,4-5,10-11H2,2H3. The highest BCUT2D eigenvalue weighted by atomic mass is 32.2. The van der Waals surface area contributed by atoms with E-state index >= 15 is 0 Å². The van der Waals surface area contributed by atoms with Crippen molar-refractivity contribution >= 4 is 34.0 Å². The van der Waals surface area contributed by atoms with Crippen LogP contribution >= 0.6 is 0 Å². The van der Waals surface area contributed by atoms with Crippen LogP contribution in [0, 0.1) is 136 Å². The number of phenols is 6. The predicted octanol–water partition coefficient (Wildman–Crippen LogP) is 18.7. The number of hydrogen-bond donors (Lipinski definition) is 6. The van der Waals surface area contributed by atoms with Crippen LogP contribution in [0.25, 0.3) is 0 Å². The number of esters is 3. The molecule has 12 aromatic carbocycles. The zero-order valence-electron chi connectivity index (χ0n) is 73.3. The molecule has 0 aliphatic carbocycles. The maximum absolute atomic E-state index is 11.5. The highest BCUT2D eigenvalue weighted by Crippen LogP contribution is 2.29. The third-order valence-corrected chi connectivity index (χ3v) is 19.1. The molecule has 0 saturated carbocycles. The van der Waals surface area contributed by atoms with E-state index in [2.05, 4.69) is 207 Å². The maximum Gasteiger partial charge on any atom is 0.353 e. The summed E-state index contributed by atoms with van der Waals surface area (Å²) >= 11 is 0. The van der Waals surface area contributed by atoms with Crippen molar-refractivity contribution in [2.45, 2.75) is 67.2 Å². The molecule has 0 fully saturated rings. The van der Waals surface area contributed by atoms with Gasteiger partial charge in [0, 0.05) is 78.9 Å². The molecule has 19 heteroatoms. The third kappa shape index (κ3) is 33.4. The van der Waals surface area contributed by atoms with Crippen LogP contribution in [0.2, 0.25) is 0 Å². The highest BCUT2D eigenvalue weighted by Gasteiger charge is 2.15. The Bertz CT molecular complexity index is 6230. The lowest BCUT2D eigenvalue weighted by atomic mass is 9.99. The molecule has 131 heavy (non-hydrogen) atoms. The number of benzene rings is 12. The van der Waals surface area contributed by atoms with E-state index in [0.717, 1.165) is 86.9 Å². The van der Waals surface area contributed by atoms with Crippen LogP contribution in [-0.4, -0.2) is 103 Å². The van der Waals surface area contributed by atoms with Crippen molar-refractivity contribution in [1.82, 2.24) is 0 Å². The van der Waals surface area contributed by atoms with E-state index in [4.69, 9.17) is 18.9 Å². The molecule has 0 saturated heterocycles. The van der Waals surface area contributed by atoms with Gasteiger partial charge in [-0.2, -0.15) is 8.42 Å². The van der Waals surface area contributed by atoms with E-state index in [1.807, 2.05) is 48.5 Å². The number of rotatable bonds is 17. The third-order valence-electron chi connectivity index (χ3n) is 18.7. The van der Waals surface area contributed by atoms with Gasteiger partial charge in [-0.15, -0.1) is 0 Å². The lowest BCUT2D eigenvalue weighted by molar-refractivity contribution is -0.138. The predicted molar refractivity (Wildman–Crippen MR) is 507 cm³/mol. The molecule has 18 nitrogen and oxygen atoms in total. The van der Waals surface area contributed by atoms with Gasteiger partial charge in [0.15, 0.2) is 0 Å². The summed E-state index contributed by atoms with van der Waals surface area (Å²) in [5.74, 6) is 48.4. The molecule has 0 heterocycles. The van der Waals surface area contributed by atoms with Gasteiger partial charge in [-0.1, -0.05) is 132 Å². The Hall–Kier alpha value is -17.2. The van der Waals surface area contributed by atoms with Gasteiger partial charge in [0.2, 0.25) is 0 Å². The van der Waals surface area contributed by atoms with Gasteiger partial charge in [0.05, 0.1) is 73.2 Å². The summed E-state index contributed by atoms with van der Waals surface area (Å²) < 4.78 is 51.2. The Labute approximate surface area is 764 Å². The fourth-order valence-electron chi connectivity index (χ4n) is 11.5. The molecule has 0 aliphatic heterocycles. The fraction of sp³-hybridized carbons (Fsp3) is 0.143. The zero-order valence-corrected chi connectivity index (χ0v) is 74.1. The van der Waals surface area contributed by atoms with Crippen LogP contribution in [0.15, 0.2) is 268 Å². The van der Waals surface area contributed by atoms with Crippen molar-refractivity contribution in [2.24, 2.45) is 0 Å². The van der Waals surface area contributed by atoms with Crippen molar-refractivity contribution in [1.29, 1.82) is 0 Å². The van der Waals surface area contributed by atoms with Gasteiger partial charge in [-0.3, -0.25) is 0 Å². The normalized spacial score (nSPS) is 9.86. The molecule has 0 aromatic heterocycles. The summed E-state index contributed by atoms with van der Waals surface area (Å²) in [6, 6.07) is 70.8. The molecular formula is C112H92O18S. The Morgan fingerprint density at radius 1 is 0.321 bits per heavy atom. The van der Waals surface area contributed by atoms with E-state index < -0.39 is 28.0 Å². The van der Waals surface area contributed by atoms with Gasteiger partial charge in [-0.05, 0) is 319 Å². The summed E-state index contributed by atoms with van der Waals surface area (Å²) in [5, 5.41) is 59.9. The smallest absolute Gasteiger partial charge is 0.353 e. The molecule has 12 rings (SSSR count). The molecule has 12 aromatic rings. The maximum atomic E-state index is 11.5. The summed E-state index contributed by atoms with van der Waals surface area (Å²) in [6.45, 7) is 20.7. The Morgan fingerprint density at radius 2 is 0.611 bits per heavy atom. The molecule has 6 N–H and O–H groups in total. The summed E-state index contributed by atoms with van der Waals surface area (Å²) in [7, 11) is -2.50. The molecule has 0 atom stereocenters. The number of hydrogen-bond acceptors (Lipinski definition) is 18. The second-order valence-electron chi connectivity index (χ2n) is 29.2. The lowest BCUT2D eigenvalue weighted by Gasteiger charge is -2.07. The second kappa shape index (κ2) is 49.5. The molecule has 0 radical (unpaired) electrons. The fourth-order valence-corrected chi connectivity index (χ4v) is 11.9. The SMILES string of the molecule is C=CC(=O)OCCCCOc1ccc(C(=O)OC)cc1.C=CC(=O)OCCCCOc1ccc(C(=O)OS(C)(=O)=O)cc1.Cc1ccc(C)c(C#Cc2ccc(C#Cc3cc(C)cc(C#Cc4ccc(C#Cc5cc(C)ccc5C)cc4)c3C)cc2)c1.Oc1ccc(O)c(C#Cc2ccc(C#Cc3cc(O)cc(C#Cc4ccc(C#Cc5cc(O)ccc5O)cc4)c3O)cc2)c1. The van der Waals surface area contributed by atoms with Gasteiger partial charge in [-0.25, -0.2) is 19.2 Å². The van der Waals surface area contributed by atoms with E-state index in [1.54, 1.807) is 72.8 Å². The first kappa shape index (κ1) is 97.6. The zero-order chi connectivity index (χ0) is 94.2. The minimum Gasteiger partial charge on any atom is -0.508 e.